The number of nitrogens with zero attached hydrogens (tertiary/aromatic N) is 3. The van der Waals surface area contributed by atoms with E-state index in [-0.39, 0.29) is 17.9 Å². The average molecular weight is 275 g/mol. The molecule has 0 radical (unpaired) electrons. The molecule has 1 aliphatic heterocycles. The third-order valence-corrected chi connectivity index (χ3v) is 4.55. The summed E-state index contributed by atoms with van der Waals surface area (Å²) in [6.07, 6.45) is 9.09. The molecule has 20 heavy (non-hydrogen) atoms. The first-order valence-electron chi connectivity index (χ1n) is 7.48. The number of Topliss-reactive ketones (excluding diaryl/α,β-unsaturated/α-hetero) is 1. The summed E-state index contributed by atoms with van der Waals surface area (Å²) < 4.78 is 1.78. The fraction of sp³-hybridized carbons (Fsp3) is 0.667. The molecule has 2 fully saturated rings. The average Bonchev–Trinajstić information content (AvgIpc) is 3.07. The fourth-order valence-corrected chi connectivity index (χ4v) is 3.55. The molecule has 0 N–H and O–H groups in total. The molecule has 2 heterocycles. The van der Waals surface area contributed by atoms with E-state index in [0.29, 0.717) is 17.9 Å². The Morgan fingerprint density at radius 3 is 2.80 bits per heavy atom. The van der Waals surface area contributed by atoms with Gasteiger partial charge in [0.15, 0.2) is 0 Å². The maximum atomic E-state index is 12.6. The molecule has 1 amide bonds. The highest BCUT2D eigenvalue weighted by molar-refractivity contribution is 5.93. The number of carbonyl (C=O) groups is 2. The minimum atomic E-state index is -0.0185. The summed E-state index contributed by atoms with van der Waals surface area (Å²) in [5, 5.41) is 0. The standard InChI is InChI=1S/C15H21N3O2/c1-17-9-12(16-10-17)15(20)18-8-3-2-6-13(18)11-5-4-7-14(11)19/h9-11,13H,2-8H2,1H3. The third-order valence-electron chi connectivity index (χ3n) is 4.55. The lowest BCUT2D eigenvalue weighted by atomic mass is 9.88. The summed E-state index contributed by atoms with van der Waals surface area (Å²) in [5.41, 5.74) is 0.491. The highest BCUT2D eigenvalue weighted by Gasteiger charge is 2.39. The number of hydrogen-bond donors (Lipinski definition) is 0. The number of aryl methyl sites for hydroxylation is 1. The molecule has 1 aromatic heterocycles. The number of imidazole rings is 1. The van der Waals surface area contributed by atoms with Crippen molar-refractivity contribution in [1.29, 1.82) is 0 Å². The van der Waals surface area contributed by atoms with Gasteiger partial charge in [-0.05, 0) is 32.1 Å². The number of ketones is 1. The van der Waals surface area contributed by atoms with Crippen molar-refractivity contribution >= 4 is 11.7 Å². The van der Waals surface area contributed by atoms with Crippen LogP contribution in [0.1, 0.15) is 49.0 Å². The number of carbonyl (C=O) groups excluding carboxylic acids is 2. The van der Waals surface area contributed by atoms with Crippen LogP contribution in [0.3, 0.4) is 0 Å². The second-order valence-corrected chi connectivity index (χ2v) is 5.95. The second kappa shape index (κ2) is 5.38. The summed E-state index contributed by atoms with van der Waals surface area (Å²) in [5.74, 6) is 0.383. The van der Waals surface area contributed by atoms with Crippen LogP contribution < -0.4 is 0 Å². The highest BCUT2D eigenvalue weighted by Crippen LogP contribution is 2.33. The van der Waals surface area contributed by atoms with Gasteiger partial charge in [0.25, 0.3) is 5.91 Å². The monoisotopic (exact) mass is 275 g/mol. The largest absolute Gasteiger partial charge is 0.340 e. The molecule has 3 rings (SSSR count). The van der Waals surface area contributed by atoms with Crippen molar-refractivity contribution in [3.05, 3.63) is 18.2 Å². The van der Waals surface area contributed by atoms with Crippen molar-refractivity contribution in [3.63, 3.8) is 0 Å². The van der Waals surface area contributed by atoms with E-state index in [0.717, 1.165) is 38.6 Å². The maximum absolute atomic E-state index is 12.6. The molecule has 1 aromatic rings. The summed E-state index contributed by atoms with van der Waals surface area (Å²) >= 11 is 0. The van der Waals surface area contributed by atoms with Gasteiger partial charge in [-0.3, -0.25) is 9.59 Å². The smallest absolute Gasteiger partial charge is 0.274 e. The Bertz CT molecular complexity index is 523. The van der Waals surface area contributed by atoms with Crippen LogP contribution in [0.4, 0.5) is 0 Å². The summed E-state index contributed by atoms with van der Waals surface area (Å²) in [7, 11) is 1.86. The van der Waals surface area contributed by atoms with E-state index in [1.54, 1.807) is 17.1 Å². The molecule has 5 heteroatoms. The van der Waals surface area contributed by atoms with Crippen molar-refractivity contribution in [1.82, 2.24) is 14.5 Å². The first-order valence-corrected chi connectivity index (χ1v) is 7.48. The highest BCUT2D eigenvalue weighted by atomic mass is 16.2. The molecular formula is C15H21N3O2. The predicted octanol–water partition coefficient (Wildman–Crippen LogP) is 1.78. The minimum absolute atomic E-state index is 0.0185. The van der Waals surface area contributed by atoms with Crippen LogP contribution in [0.5, 0.6) is 0 Å². The van der Waals surface area contributed by atoms with Gasteiger partial charge in [-0.25, -0.2) is 4.98 Å². The Hall–Kier alpha value is -1.65. The molecule has 1 saturated carbocycles. The summed E-state index contributed by atoms with van der Waals surface area (Å²) in [4.78, 5) is 30.7. The molecule has 5 nitrogen and oxygen atoms in total. The van der Waals surface area contributed by atoms with Crippen molar-refractivity contribution in [2.24, 2.45) is 13.0 Å². The molecule has 2 aliphatic rings. The second-order valence-electron chi connectivity index (χ2n) is 5.95. The van der Waals surface area contributed by atoms with Crippen LogP contribution in [0.25, 0.3) is 0 Å². The molecule has 0 aromatic carbocycles. The Balaban J connectivity index is 1.81. The van der Waals surface area contributed by atoms with E-state index >= 15 is 0 Å². The van der Waals surface area contributed by atoms with E-state index in [9.17, 15) is 9.59 Å². The van der Waals surface area contributed by atoms with Gasteiger partial charge in [0.1, 0.15) is 11.5 Å². The molecule has 2 atom stereocenters. The van der Waals surface area contributed by atoms with Crippen molar-refractivity contribution in [3.8, 4) is 0 Å². The number of rotatable bonds is 2. The van der Waals surface area contributed by atoms with Gasteiger partial charge in [-0.1, -0.05) is 0 Å². The maximum Gasteiger partial charge on any atom is 0.274 e. The number of hydrogen-bond acceptors (Lipinski definition) is 3. The van der Waals surface area contributed by atoms with Crippen molar-refractivity contribution in [2.45, 2.75) is 44.6 Å². The normalized spacial score (nSPS) is 27.1. The predicted molar refractivity (Wildman–Crippen MR) is 74.2 cm³/mol. The van der Waals surface area contributed by atoms with Crippen LogP contribution in [0.15, 0.2) is 12.5 Å². The summed E-state index contributed by atoms with van der Waals surface area (Å²) in [6.45, 7) is 0.754. The molecule has 1 saturated heterocycles. The van der Waals surface area contributed by atoms with Crippen LogP contribution in [-0.2, 0) is 11.8 Å². The first kappa shape index (κ1) is 13.3. The third kappa shape index (κ3) is 2.37. The molecule has 1 aliphatic carbocycles. The van der Waals surface area contributed by atoms with Crippen molar-refractivity contribution in [2.75, 3.05) is 6.54 Å². The van der Waals surface area contributed by atoms with Crippen LogP contribution in [0.2, 0.25) is 0 Å². The van der Waals surface area contributed by atoms with Gasteiger partial charge in [0, 0.05) is 38.2 Å². The van der Waals surface area contributed by atoms with Crippen molar-refractivity contribution < 1.29 is 9.59 Å². The lowest BCUT2D eigenvalue weighted by molar-refractivity contribution is -0.122. The van der Waals surface area contributed by atoms with E-state index in [4.69, 9.17) is 0 Å². The minimum Gasteiger partial charge on any atom is -0.340 e. The lowest BCUT2D eigenvalue weighted by Crippen LogP contribution is -2.48. The Morgan fingerprint density at radius 1 is 1.30 bits per heavy atom. The number of aromatic nitrogens is 2. The van der Waals surface area contributed by atoms with E-state index in [1.807, 2.05) is 11.9 Å². The zero-order valence-electron chi connectivity index (χ0n) is 11.9. The number of piperidine rings is 1. The van der Waals surface area contributed by atoms with Crippen LogP contribution in [-0.4, -0.2) is 38.7 Å². The lowest BCUT2D eigenvalue weighted by Gasteiger charge is -2.38. The molecule has 108 valence electrons. The number of likely N-dealkylation sites (tertiary alicyclic amines) is 1. The zero-order valence-corrected chi connectivity index (χ0v) is 11.9. The quantitative estimate of drug-likeness (QED) is 0.826. The summed E-state index contributed by atoms with van der Waals surface area (Å²) in [6, 6.07) is 0.0910. The van der Waals surface area contributed by atoms with Gasteiger partial charge in [-0.15, -0.1) is 0 Å². The Labute approximate surface area is 119 Å². The van der Waals surface area contributed by atoms with Gasteiger partial charge in [0.2, 0.25) is 0 Å². The fourth-order valence-electron chi connectivity index (χ4n) is 3.55. The van der Waals surface area contributed by atoms with Gasteiger partial charge in [0.05, 0.1) is 6.33 Å². The zero-order chi connectivity index (χ0) is 14.1. The first-order chi connectivity index (χ1) is 9.66. The van der Waals surface area contributed by atoms with Crippen LogP contribution in [0, 0.1) is 5.92 Å². The van der Waals surface area contributed by atoms with Gasteiger partial charge in [-0.2, -0.15) is 0 Å². The van der Waals surface area contributed by atoms with E-state index in [2.05, 4.69) is 4.98 Å². The topological polar surface area (TPSA) is 55.2 Å². The SMILES string of the molecule is Cn1cnc(C(=O)N2CCCCC2C2CCCC2=O)c1. The number of amides is 1. The van der Waals surface area contributed by atoms with Crippen LogP contribution >= 0.6 is 0 Å². The molecule has 0 bridgehead atoms. The Morgan fingerprint density at radius 2 is 2.15 bits per heavy atom. The van der Waals surface area contributed by atoms with E-state index in [1.165, 1.54) is 0 Å². The van der Waals surface area contributed by atoms with E-state index < -0.39 is 0 Å². The molecule has 0 spiro atoms. The van der Waals surface area contributed by atoms with Gasteiger partial charge < -0.3 is 9.47 Å². The molecular weight excluding hydrogens is 254 g/mol. The van der Waals surface area contributed by atoms with Gasteiger partial charge >= 0.3 is 0 Å². The Kier molecular flexibility index (Phi) is 3.59. The molecule has 2 unspecified atom stereocenters.